The van der Waals surface area contributed by atoms with E-state index in [-0.39, 0.29) is 5.91 Å². The van der Waals surface area contributed by atoms with Gasteiger partial charge in [-0.3, -0.25) is 4.79 Å². The SMILES string of the molecule is COc1ccc(NC(=O)c2cc(N3CCOCC3)ncn2)cc1. The van der Waals surface area contributed by atoms with E-state index in [0.29, 0.717) is 24.6 Å². The zero-order chi connectivity index (χ0) is 16.1. The first-order valence-corrected chi connectivity index (χ1v) is 7.36. The summed E-state index contributed by atoms with van der Waals surface area (Å²) in [5.74, 6) is 1.20. The highest BCUT2D eigenvalue weighted by Gasteiger charge is 2.15. The molecule has 0 aliphatic carbocycles. The van der Waals surface area contributed by atoms with Gasteiger partial charge < -0.3 is 19.7 Å². The lowest BCUT2D eigenvalue weighted by Gasteiger charge is -2.27. The third-order valence-corrected chi connectivity index (χ3v) is 3.57. The molecule has 7 nitrogen and oxygen atoms in total. The number of nitrogens with one attached hydrogen (secondary N) is 1. The number of aromatic nitrogens is 2. The highest BCUT2D eigenvalue weighted by atomic mass is 16.5. The molecule has 0 atom stereocenters. The molecule has 1 N–H and O–H groups in total. The number of carbonyl (C=O) groups is 1. The molecule has 7 heteroatoms. The maximum absolute atomic E-state index is 12.3. The molecule has 2 heterocycles. The van der Waals surface area contributed by atoms with Crippen molar-refractivity contribution in [2.24, 2.45) is 0 Å². The van der Waals surface area contributed by atoms with Crippen molar-refractivity contribution in [1.82, 2.24) is 9.97 Å². The zero-order valence-corrected chi connectivity index (χ0v) is 12.9. The number of carbonyl (C=O) groups excluding carboxylic acids is 1. The Bertz CT molecular complexity index is 669. The van der Waals surface area contributed by atoms with E-state index in [2.05, 4.69) is 20.2 Å². The van der Waals surface area contributed by atoms with Crippen molar-refractivity contribution in [2.75, 3.05) is 43.6 Å². The highest BCUT2D eigenvalue weighted by Crippen LogP contribution is 2.17. The number of anilines is 2. The van der Waals surface area contributed by atoms with Crippen LogP contribution in [0.2, 0.25) is 0 Å². The summed E-state index contributed by atoms with van der Waals surface area (Å²) in [6, 6.07) is 8.83. The van der Waals surface area contributed by atoms with Crippen LogP contribution in [0.15, 0.2) is 36.7 Å². The quantitative estimate of drug-likeness (QED) is 0.923. The van der Waals surface area contributed by atoms with E-state index < -0.39 is 0 Å². The van der Waals surface area contributed by atoms with Crippen molar-refractivity contribution in [1.29, 1.82) is 0 Å². The van der Waals surface area contributed by atoms with Gasteiger partial charge in [0.05, 0.1) is 20.3 Å². The van der Waals surface area contributed by atoms with Crippen molar-refractivity contribution in [3.05, 3.63) is 42.4 Å². The van der Waals surface area contributed by atoms with Crippen molar-refractivity contribution in [2.45, 2.75) is 0 Å². The predicted octanol–water partition coefficient (Wildman–Crippen LogP) is 1.57. The maximum Gasteiger partial charge on any atom is 0.274 e. The highest BCUT2D eigenvalue weighted by molar-refractivity contribution is 6.03. The molecule has 1 aromatic carbocycles. The Morgan fingerprint density at radius 2 is 1.96 bits per heavy atom. The standard InChI is InChI=1S/C16H18N4O3/c1-22-13-4-2-12(3-5-13)19-16(21)14-10-15(18-11-17-14)20-6-8-23-9-7-20/h2-5,10-11H,6-9H2,1H3,(H,19,21). The van der Waals surface area contributed by atoms with Gasteiger partial charge in [-0.2, -0.15) is 0 Å². The van der Waals surface area contributed by atoms with Gasteiger partial charge in [0.1, 0.15) is 23.6 Å². The van der Waals surface area contributed by atoms with Crippen LogP contribution in [0.3, 0.4) is 0 Å². The first-order chi connectivity index (χ1) is 11.3. The Morgan fingerprint density at radius 1 is 1.22 bits per heavy atom. The molecule has 0 bridgehead atoms. The van der Waals surface area contributed by atoms with E-state index in [0.717, 1.165) is 24.7 Å². The van der Waals surface area contributed by atoms with Crippen molar-refractivity contribution in [3.63, 3.8) is 0 Å². The fourth-order valence-electron chi connectivity index (χ4n) is 2.31. The normalized spacial score (nSPS) is 14.4. The van der Waals surface area contributed by atoms with Crippen LogP contribution in [0.1, 0.15) is 10.5 Å². The second-order valence-electron chi connectivity index (χ2n) is 5.04. The van der Waals surface area contributed by atoms with Gasteiger partial charge in [0, 0.05) is 24.8 Å². The number of ether oxygens (including phenoxy) is 2. The monoisotopic (exact) mass is 314 g/mol. The molecule has 3 rings (SSSR count). The Balaban J connectivity index is 1.71. The molecule has 1 aliphatic heterocycles. The van der Waals surface area contributed by atoms with Crippen LogP contribution in [0.5, 0.6) is 5.75 Å². The third-order valence-electron chi connectivity index (χ3n) is 3.57. The summed E-state index contributed by atoms with van der Waals surface area (Å²) in [7, 11) is 1.60. The van der Waals surface area contributed by atoms with Gasteiger partial charge in [0.15, 0.2) is 0 Å². The number of methoxy groups -OCH3 is 1. The summed E-state index contributed by atoms with van der Waals surface area (Å²) in [4.78, 5) is 22.7. The van der Waals surface area contributed by atoms with Gasteiger partial charge in [0.25, 0.3) is 5.91 Å². The maximum atomic E-state index is 12.3. The molecular weight excluding hydrogens is 296 g/mol. The summed E-state index contributed by atoms with van der Waals surface area (Å²) in [5, 5.41) is 2.81. The van der Waals surface area contributed by atoms with E-state index in [1.54, 1.807) is 37.4 Å². The molecule has 0 unspecified atom stereocenters. The molecule has 1 amide bonds. The molecule has 0 saturated carbocycles. The zero-order valence-electron chi connectivity index (χ0n) is 12.9. The molecule has 120 valence electrons. The van der Waals surface area contributed by atoms with E-state index in [9.17, 15) is 4.79 Å². The first-order valence-electron chi connectivity index (χ1n) is 7.36. The lowest BCUT2D eigenvalue weighted by atomic mass is 10.2. The van der Waals surface area contributed by atoms with Gasteiger partial charge >= 0.3 is 0 Å². The molecule has 1 saturated heterocycles. The number of benzene rings is 1. The van der Waals surface area contributed by atoms with Crippen molar-refractivity contribution >= 4 is 17.4 Å². The second kappa shape index (κ2) is 7.06. The molecular formula is C16H18N4O3. The molecule has 2 aromatic rings. The predicted molar refractivity (Wildman–Crippen MR) is 86.0 cm³/mol. The van der Waals surface area contributed by atoms with E-state index in [1.807, 2.05) is 0 Å². The van der Waals surface area contributed by atoms with Crippen LogP contribution in [0.4, 0.5) is 11.5 Å². The average Bonchev–Trinajstić information content (AvgIpc) is 2.63. The van der Waals surface area contributed by atoms with Crippen molar-refractivity contribution in [3.8, 4) is 5.75 Å². The van der Waals surface area contributed by atoms with E-state index in [4.69, 9.17) is 9.47 Å². The Morgan fingerprint density at radius 3 is 2.65 bits per heavy atom. The summed E-state index contributed by atoms with van der Waals surface area (Å²) in [6.45, 7) is 2.85. The lowest BCUT2D eigenvalue weighted by Crippen LogP contribution is -2.37. The Kier molecular flexibility index (Phi) is 4.68. The van der Waals surface area contributed by atoms with Crippen LogP contribution < -0.4 is 15.0 Å². The second-order valence-corrected chi connectivity index (χ2v) is 5.04. The number of amides is 1. The number of hydrogen-bond acceptors (Lipinski definition) is 6. The third kappa shape index (κ3) is 3.75. The summed E-state index contributed by atoms with van der Waals surface area (Å²) in [5.41, 5.74) is 1.01. The summed E-state index contributed by atoms with van der Waals surface area (Å²) >= 11 is 0. The molecule has 1 aliphatic rings. The average molecular weight is 314 g/mol. The minimum Gasteiger partial charge on any atom is -0.497 e. The van der Waals surface area contributed by atoms with Crippen LogP contribution in [0, 0.1) is 0 Å². The minimum atomic E-state index is -0.271. The molecule has 1 aromatic heterocycles. The van der Waals surface area contributed by atoms with Gasteiger partial charge in [-0.1, -0.05) is 0 Å². The molecule has 23 heavy (non-hydrogen) atoms. The first kappa shape index (κ1) is 15.2. The number of rotatable bonds is 4. The molecule has 0 spiro atoms. The van der Waals surface area contributed by atoms with Crippen LogP contribution in [-0.4, -0.2) is 49.3 Å². The fourth-order valence-corrected chi connectivity index (χ4v) is 2.31. The largest absolute Gasteiger partial charge is 0.497 e. The minimum absolute atomic E-state index is 0.271. The van der Waals surface area contributed by atoms with Crippen LogP contribution in [0.25, 0.3) is 0 Å². The summed E-state index contributed by atoms with van der Waals surface area (Å²) < 4.78 is 10.4. The Hall–Kier alpha value is -2.67. The summed E-state index contributed by atoms with van der Waals surface area (Å²) in [6.07, 6.45) is 1.41. The van der Waals surface area contributed by atoms with Gasteiger partial charge in [-0.05, 0) is 24.3 Å². The number of hydrogen-bond donors (Lipinski definition) is 1. The Labute approximate surface area is 134 Å². The van der Waals surface area contributed by atoms with Crippen LogP contribution >= 0.6 is 0 Å². The van der Waals surface area contributed by atoms with Gasteiger partial charge in [0.2, 0.25) is 0 Å². The van der Waals surface area contributed by atoms with Crippen molar-refractivity contribution < 1.29 is 14.3 Å². The van der Waals surface area contributed by atoms with Gasteiger partial charge in [-0.15, -0.1) is 0 Å². The van der Waals surface area contributed by atoms with E-state index >= 15 is 0 Å². The molecule has 1 fully saturated rings. The number of nitrogens with zero attached hydrogens (tertiary/aromatic N) is 3. The smallest absolute Gasteiger partial charge is 0.274 e. The molecule has 0 radical (unpaired) electrons. The lowest BCUT2D eigenvalue weighted by molar-refractivity contribution is 0.102. The topological polar surface area (TPSA) is 76.6 Å². The fraction of sp³-hybridized carbons (Fsp3) is 0.312. The number of morpholine rings is 1. The van der Waals surface area contributed by atoms with Crippen LogP contribution in [-0.2, 0) is 4.74 Å². The van der Waals surface area contributed by atoms with Gasteiger partial charge in [-0.25, -0.2) is 9.97 Å². The van der Waals surface area contributed by atoms with E-state index in [1.165, 1.54) is 6.33 Å².